The third-order valence-electron chi connectivity index (χ3n) is 2.04. The maximum atomic E-state index is 11.0. The van der Waals surface area contributed by atoms with Crippen molar-refractivity contribution in [1.29, 1.82) is 0 Å². The first kappa shape index (κ1) is 13.4. The Balaban J connectivity index is 0.00000144. The Labute approximate surface area is 110 Å². The van der Waals surface area contributed by atoms with Gasteiger partial charge >= 0.3 is 24.8 Å². The second-order valence-electron chi connectivity index (χ2n) is 3.23. The standard InChI is InChI=1S/C11H9N3O2.Li.H/c1-7-3-4-8(9(14-7)11(15)16)10-12-5-2-6-13-10;;/h2-6H,1H3,(H,15,16);;. The molecule has 5 nitrogen and oxygen atoms in total. The van der Waals surface area contributed by atoms with Gasteiger partial charge in [-0.15, -0.1) is 0 Å². The van der Waals surface area contributed by atoms with Crippen LogP contribution in [0.4, 0.5) is 0 Å². The fourth-order valence-corrected chi connectivity index (χ4v) is 1.34. The van der Waals surface area contributed by atoms with Crippen LogP contribution in [0.2, 0.25) is 0 Å². The molecular formula is C11H10LiN3O2. The molecule has 2 aromatic rings. The van der Waals surface area contributed by atoms with Gasteiger partial charge in [-0.1, -0.05) is 0 Å². The quantitative estimate of drug-likeness (QED) is 0.765. The van der Waals surface area contributed by atoms with E-state index in [1.165, 1.54) is 0 Å². The molecule has 82 valence electrons. The average Bonchev–Trinajstić information content (AvgIpc) is 2.30. The molecule has 0 saturated carbocycles. The summed E-state index contributed by atoms with van der Waals surface area (Å²) in [5, 5.41) is 9.03. The van der Waals surface area contributed by atoms with E-state index in [-0.39, 0.29) is 24.6 Å². The number of aromatic carboxylic acids is 1. The van der Waals surface area contributed by atoms with Crippen LogP contribution in [-0.2, 0) is 0 Å². The molecule has 2 heterocycles. The van der Waals surface area contributed by atoms with Crippen LogP contribution in [0.25, 0.3) is 11.4 Å². The van der Waals surface area contributed by atoms with E-state index in [0.717, 1.165) is 0 Å². The molecule has 0 amide bonds. The molecule has 0 unspecified atom stereocenters. The van der Waals surface area contributed by atoms with Crippen molar-refractivity contribution in [2.45, 2.75) is 6.92 Å². The van der Waals surface area contributed by atoms with Crippen molar-refractivity contribution in [3.8, 4) is 11.4 Å². The first-order chi connectivity index (χ1) is 7.68. The summed E-state index contributed by atoms with van der Waals surface area (Å²) in [7, 11) is 0. The monoisotopic (exact) mass is 223 g/mol. The van der Waals surface area contributed by atoms with Gasteiger partial charge in [-0.25, -0.2) is 19.7 Å². The van der Waals surface area contributed by atoms with E-state index in [1.807, 2.05) is 0 Å². The number of hydrogen-bond acceptors (Lipinski definition) is 4. The van der Waals surface area contributed by atoms with Crippen molar-refractivity contribution in [3.05, 3.63) is 42.0 Å². The van der Waals surface area contributed by atoms with Gasteiger partial charge in [-0.05, 0) is 25.1 Å². The van der Waals surface area contributed by atoms with E-state index >= 15 is 0 Å². The maximum absolute atomic E-state index is 11.0. The molecule has 0 aliphatic rings. The minimum absolute atomic E-state index is 0. The van der Waals surface area contributed by atoms with Crippen LogP contribution in [0, 0.1) is 6.92 Å². The number of rotatable bonds is 2. The van der Waals surface area contributed by atoms with Gasteiger partial charge in [-0.2, -0.15) is 0 Å². The number of aryl methyl sites for hydroxylation is 1. The van der Waals surface area contributed by atoms with Crippen molar-refractivity contribution >= 4 is 24.8 Å². The first-order valence-electron chi connectivity index (χ1n) is 4.67. The van der Waals surface area contributed by atoms with Gasteiger partial charge in [0.15, 0.2) is 11.5 Å². The first-order valence-corrected chi connectivity index (χ1v) is 4.67. The number of hydrogen-bond donors (Lipinski definition) is 1. The molecule has 0 radical (unpaired) electrons. The fourth-order valence-electron chi connectivity index (χ4n) is 1.34. The average molecular weight is 223 g/mol. The molecule has 2 rings (SSSR count). The van der Waals surface area contributed by atoms with E-state index in [1.54, 1.807) is 37.5 Å². The van der Waals surface area contributed by atoms with Crippen LogP contribution in [-0.4, -0.2) is 44.9 Å². The van der Waals surface area contributed by atoms with Gasteiger partial charge in [0.05, 0.1) is 5.56 Å². The number of carboxylic acids is 1. The van der Waals surface area contributed by atoms with Crippen molar-refractivity contribution < 1.29 is 9.90 Å². The van der Waals surface area contributed by atoms with Gasteiger partial charge in [0.25, 0.3) is 0 Å². The number of carbonyl (C=O) groups is 1. The van der Waals surface area contributed by atoms with Gasteiger partial charge < -0.3 is 5.11 Å². The summed E-state index contributed by atoms with van der Waals surface area (Å²) in [6.45, 7) is 1.74. The summed E-state index contributed by atoms with van der Waals surface area (Å²) in [6, 6.07) is 5.07. The molecule has 0 spiro atoms. The molecule has 0 atom stereocenters. The van der Waals surface area contributed by atoms with Gasteiger partial charge in [0.2, 0.25) is 0 Å². The normalized spacial score (nSPS) is 9.47. The van der Waals surface area contributed by atoms with Crippen LogP contribution in [0.1, 0.15) is 16.2 Å². The van der Waals surface area contributed by atoms with Crippen LogP contribution in [0.15, 0.2) is 30.6 Å². The predicted octanol–water partition coefficient (Wildman–Crippen LogP) is 0.897. The number of aromatic nitrogens is 3. The van der Waals surface area contributed by atoms with Crippen molar-refractivity contribution in [2.75, 3.05) is 0 Å². The molecule has 6 heteroatoms. The summed E-state index contributed by atoms with van der Waals surface area (Å²) in [5.74, 6) is -0.710. The van der Waals surface area contributed by atoms with Crippen LogP contribution in [0.5, 0.6) is 0 Å². The van der Waals surface area contributed by atoms with E-state index in [0.29, 0.717) is 17.1 Å². The van der Waals surface area contributed by atoms with E-state index in [4.69, 9.17) is 5.11 Å². The Morgan fingerprint density at radius 1 is 1.24 bits per heavy atom. The molecule has 0 bridgehead atoms. The zero-order valence-corrected chi connectivity index (χ0v) is 8.58. The Kier molecular flexibility index (Phi) is 4.38. The summed E-state index contributed by atoms with van der Waals surface area (Å²) in [4.78, 5) is 23.0. The zero-order chi connectivity index (χ0) is 11.5. The second kappa shape index (κ2) is 5.57. The van der Waals surface area contributed by atoms with E-state index in [9.17, 15) is 4.79 Å². The minimum atomic E-state index is -1.08. The Morgan fingerprint density at radius 2 is 1.88 bits per heavy atom. The van der Waals surface area contributed by atoms with Crippen molar-refractivity contribution in [3.63, 3.8) is 0 Å². The molecule has 0 aliphatic carbocycles. The second-order valence-corrected chi connectivity index (χ2v) is 3.23. The Hall–Kier alpha value is -1.70. The van der Waals surface area contributed by atoms with Gasteiger partial charge in [0, 0.05) is 18.1 Å². The Morgan fingerprint density at radius 3 is 2.47 bits per heavy atom. The molecular weight excluding hydrogens is 213 g/mol. The third-order valence-corrected chi connectivity index (χ3v) is 2.04. The number of nitrogens with zero attached hydrogens (tertiary/aromatic N) is 3. The summed E-state index contributed by atoms with van der Waals surface area (Å²) < 4.78 is 0. The summed E-state index contributed by atoms with van der Waals surface area (Å²) >= 11 is 0. The number of carboxylic acid groups (broad SMARTS) is 1. The van der Waals surface area contributed by atoms with Crippen LogP contribution < -0.4 is 0 Å². The molecule has 0 aliphatic heterocycles. The molecule has 0 aromatic carbocycles. The topological polar surface area (TPSA) is 76.0 Å². The van der Waals surface area contributed by atoms with Gasteiger partial charge in [0.1, 0.15) is 0 Å². The van der Waals surface area contributed by atoms with E-state index < -0.39 is 5.97 Å². The third kappa shape index (κ3) is 2.90. The SMILES string of the molecule is Cc1ccc(-c2ncccn2)c(C(=O)O)n1.[LiH]. The summed E-state index contributed by atoms with van der Waals surface area (Å²) in [6.07, 6.45) is 3.13. The summed E-state index contributed by atoms with van der Waals surface area (Å²) in [5.41, 5.74) is 1.06. The molecule has 0 saturated heterocycles. The van der Waals surface area contributed by atoms with Crippen molar-refractivity contribution in [1.82, 2.24) is 15.0 Å². The van der Waals surface area contributed by atoms with Crippen LogP contribution in [0.3, 0.4) is 0 Å². The number of pyridine rings is 1. The van der Waals surface area contributed by atoms with Crippen LogP contribution >= 0.6 is 0 Å². The van der Waals surface area contributed by atoms with Crippen molar-refractivity contribution in [2.24, 2.45) is 0 Å². The fraction of sp³-hybridized carbons (Fsp3) is 0.0909. The van der Waals surface area contributed by atoms with Gasteiger partial charge in [-0.3, -0.25) is 0 Å². The molecule has 0 fully saturated rings. The van der Waals surface area contributed by atoms with E-state index in [2.05, 4.69) is 15.0 Å². The Bertz CT molecular complexity index is 531. The predicted molar refractivity (Wildman–Crippen MR) is 64.1 cm³/mol. The molecule has 17 heavy (non-hydrogen) atoms. The molecule has 2 aromatic heterocycles. The zero-order valence-electron chi connectivity index (χ0n) is 8.58. The molecule has 1 N–H and O–H groups in total.